The Balaban J connectivity index is 1.74. The van der Waals surface area contributed by atoms with Gasteiger partial charge in [-0.25, -0.2) is 9.97 Å². The van der Waals surface area contributed by atoms with E-state index in [1.807, 2.05) is 61.5 Å². The summed E-state index contributed by atoms with van der Waals surface area (Å²) in [7, 11) is 0. The van der Waals surface area contributed by atoms with Gasteiger partial charge in [-0.3, -0.25) is 15.1 Å². The van der Waals surface area contributed by atoms with Crippen LogP contribution in [0.15, 0.2) is 87.0 Å². The van der Waals surface area contributed by atoms with Crippen molar-refractivity contribution in [2.24, 2.45) is 0 Å². The summed E-state index contributed by atoms with van der Waals surface area (Å²) in [6.07, 6.45) is 3.07. The summed E-state index contributed by atoms with van der Waals surface area (Å²) in [6.45, 7) is 1.99. The van der Waals surface area contributed by atoms with Crippen LogP contribution in [0.5, 0.6) is 0 Å². The number of hydrogen-bond acceptors (Lipinski definition) is 7. The van der Waals surface area contributed by atoms with Crippen LogP contribution in [0, 0.1) is 17.0 Å². The van der Waals surface area contributed by atoms with E-state index in [4.69, 9.17) is 0 Å². The van der Waals surface area contributed by atoms with Gasteiger partial charge in [0.1, 0.15) is 6.33 Å². The topological polar surface area (TPSA) is 81.8 Å². The molecule has 2 aromatic carbocycles. The lowest BCUT2D eigenvalue weighted by atomic mass is 10.2. The van der Waals surface area contributed by atoms with Crippen molar-refractivity contribution in [3.8, 4) is 0 Å². The molecule has 28 heavy (non-hydrogen) atoms. The van der Waals surface area contributed by atoms with Gasteiger partial charge in [-0.2, -0.15) is 0 Å². The van der Waals surface area contributed by atoms with Crippen LogP contribution < -0.4 is 0 Å². The summed E-state index contributed by atoms with van der Waals surface area (Å²) in [5.74, 6) is 0. The smallest absolute Gasteiger partial charge is 0.258 e. The molecule has 0 bridgehead atoms. The fourth-order valence-electron chi connectivity index (χ4n) is 2.63. The molecular weight excluding hydrogens is 392 g/mol. The number of benzene rings is 2. The van der Waals surface area contributed by atoms with E-state index in [0.717, 1.165) is 26.3 Å². The number of nitrogens with zero attached hydrogens (tertiary/aromatic N) is 4. The first-order valence-corrected chi connectivity index (χ1v) is 10.0. The molecule has 4 rings (SSSR count). The maximum atomic E-state index is 11.8. The first-order valence-electron chi connectivity index (χ1n) is 8.37. The Hall–Kier alpha value is -2.97. The summed E-state index contributed by atoms with van der Waals surface area (Å²) in [5, 5.41) is 13.4. The highest BCUT2D eigenvalue weighted by Gasteiger charge is 2.25. The largest absolute Gasteiger partial charge is 0.333 e. The van der Waals surface area contributed by atoms with Crippen LogP contribution >= 0.6 is 23.5 Å². The van der Waals surface area contributed by atoms with Crippen LogP contribution in [-0.2, 0) is 0 Å². The van der Waals surface area contributed by atoms with E-state index in [0.29, 0.717) is 10.1 Å². The van der Waals surface area contributed by atoms with E-state index in [-0.39, 0.29) is 5.69 Å². The van der Waals surface area contributed by atoms with E-state index in [1.54, 1.807) is 6.20 Å². The molecule has 2 heterocycles. The molecule has 0 saturated carbocycles. The fourth-order valence-corrected chi connectivity index (χ4v) is 4.55. The van der Waals surface area contributed by atoms with Gasteiger partial charge in [-0.1, -0.05) is 59.4 Å². The molecule has 0 amide bonds. The summed E-state index contributed by atoms with van der Waals surface area (Å²) >= 11 is 2.49. The number of hydrogen-bond donors (Lipinski definition) is 0. The van der Waals surface area contributed by atoms with Gasteiger partial charge in [0, 0.05) is 21.4 Å². The summed E-state index contributed by atoms with van der Waals surface area (Å²) in [5.41, 5.74) is 1.82. The zero-order chi connectivity index (χ0) is 19.5. The molecule has 0 atom stereocenters. The Morgan fingerprint density at radius 2 is 1.61 bits per heavy atom. The van der Waals surface area contributed by atoms with Crippen molar-refractivity contribution in [2.45, 2.75) is 26.8 Å². The highest BCUT2D eigenvalue weighted by atomic mass is 32.2. The van der Waals surface area contributed by atoms with Gasteiger partial charge in [0.15, 0.2) is 10.1 Å². The molecule has 8 heteroatoms. The van der Waals surface area contributed by atoms with Crippen molar-refractivity contribution >= 4 is 40.1 Å². The molecule has 0 aliphatic rings. The molecule has 138 valence electrons. The average Bonchev–Trinajstić information content (AvgIpc) is 2.70. The van der Waals surface area contributed by atoms with Gasteiger partial charge >= 0.3 is 5.69 Å². The van der Waals surface area contributed by atoms with Crippen molar-refractivity contribution in [1.82, 2.24) is 15.0 Å². The highest BCUT2D eigenvalue weighted by molar-refractivity contribution is 8.00. The maximum Gasteiger partial charge on any atom is 0.333 e. The van der Waals surface area contributed by atoms with Crippen LogP contribution in [0.3, 0.4) is 0 Å². The maximum absolute atomic E-state index is 11.8. The second-order valence-electron chi connectivity index (χ2n) is 5.94. The molecular formula is C20H14N4O2S2. The van der Waals surface area contributed by atoms with Gasteiger partial charge in [0.2, 0.25) is 0 Å². The van der Waals surface area contributed by atoms with Gasteiger partial charge in [-0.15, -0.1) is 0 Å². The zero-order valence-corrected chi connectivity index (χ0v) is 16.4. The van der Waals surface area contributed by atoms with E-state index in [9.17, 15) is 10.1 Å². The first kappa shape index (κ1) is 18.4. The molecule has 0 saturated heterocycles. The van der Waals surface area contributed by atoms with Crippen LogP contribution in [-0.4, -0.2) is 19.9 Å². The molecule has 0 unspecified atom stereocenters. The number of nitro groups is 1. The first-order chi connectivity index (χ1) is 13.6. The third-order valence-corrected chi connectivity index (χ3v) is 6.02. The van der Waals surface area contributed by atoms with E-state index in [2.05, 4.69) is 15.0 Å². The van der Waals surface area contributed by atoms with Crippen molar-refractivity contribution in [3.63, 3.8) is 0 Å². The molecule has 0 fully saturated rings. The summed E-state index contributed by atoms with van der Waals surface area (Å²) < 4.78 is 0. The molecule has 0 radical (unpaired) electrons. The van der Waals surface area contributed by atoms with Gasteiger partial charge in [-0.05, 0) is 31.2 Å². The van der Waals surface area contributed by atoms with Crippen LogP contribution in [0.25, 0.3) is 10.9 Å². The predicted molar refractivity (Wildman–Crippen MR) is 110 cm³/mol. The predicted octanol–water partition coefficient (Wildman–Crippen LogP) is 5.54. The minimum atomic E-state index is -0.419. The van der Waals surface area contributed by atoms with Crippen molar-refractivity contribution < 1.29 is 4.92 Å². The molecule has 6 nitrogen and oxygen atoms in total. The molecule has 2 aromatic heterocycles. The van der Waals surface area contributed by atoms with Crippen molar-refractivity contribution in [1.29, 1.82) is 0 Å². The zero-order valence-electron chi connectivity index (χ0n) is 14.8. The summed E-state index contributed by atoms with van der Waals surface area (Å²) in [6, 6.07) is 17.3. The third kappa shape index (κ3) is 3.83. The normalized spacial score (nSPS) is 10.9. The lowest BCUT2D eigenvalue weighted by Gasteiger charge is -2.07. The Morgan fingerprint density at radius 3 is 2.36 bits per heavy atom. The lowest BCUT2D eigenvalue weighted by molar-refractivity contribution is -0.391. The van der Waals surface area contributed by atoms with E-state index < -0.39 is 4.92 Å². The number of rotatable bonds is 5. The molecule has 0 N–H and O–H groups in total. The van der Waals surface area contributed by atoms with Crippen molar-refractivity contribution in [2.75, 3.05) is 0 Å². The lowest BCUT2D eigenvalue weighted by Crippen LogP contribution is -1.98. The summed E-state index contributed by atoms with van der Waals surface area (Å²) in [4.78, 5) is 25.9. The van der Waals surface area contributed by atoms with Crippen LogP contribution in [0.2, 0.25) is 0 Å². The monoisotopic (exact) mass is 406 g/mol. The molecule has 0 aliphatic heterocycles. The molecule has 4 aromatic rings. The quantitative estimate of drug-likeness (QED) is 0.244. The molecule has 0 spiro atoms. The van der Waals surface area contributed by atoms with Crippen LogP contribution in [0.1, 0.15) is 5.56 Å². The standard InChI is InChI=1S/C20H14N4O2S2/c1-13-7-9-15(10-8-13)27-19-18(24(25)26)20(23-12-22-19)28-16-6-2-4-14-5-3-11-21-17(14)16/h2-12H,1H3. The number of fused-ring (bicyclic) bond motifs is 1. The number of para-hydroxylation sites is 1. The Bertz CT molecular complexity index is 1160. The number of aromatic nitrogens is 3. The van der Waals surface area contributed by atoms with Crippen LogP contribution in [0.4, 0.5) is 5.69 Å². The minimum Gasteiger partial charge on any atom is -0.258 e. The van der Waals surface area contributed by atoms with Crippen molar-refractivity contribution in [3.05, 3.63) is 82.8 Å². The second kappa shape index (κ2) is 7.95. The number of aryl methyl sites for hydroxylation is 1. The van der Waals surface area contributed by atoms with Gasteiger partial charge in [0.05, 0.1) is 10.4 Å². The second-order valence-corrected chi connectivity index (χ2v) is 8.03. The van der Waals surface area contributed by atoms with E-state index >= 15 is 0 Å². The number of pyridine rings is 1. The average molecular weight is 406 g/mol. The Kier molecular flexibility index (Phi) is 5.23. The Morgan fingerprint density at radius 1 is 0.893 bits per heavy atom. The minimum absolute atomic E-state index is 0.0917. The fraction of sp³-hybridized carbons (Fsp3) is 0.0500. The third-order valence-electron chi connectivity index (χ3n) is 3.98. The Labute approximate surface area is 169 Å². The van der Waals surface area contributed by atoms with Gasteiger partial charge < -0.3 is 0 Å². The van der Waals surface area contributed by atoms with E-state index in [1.165, 1.54) is 29.9 Å². The van der Waals surface area contributed by atoms with Gasteiger partial charge in [0.25, 0.3) is 0 Å². The SMILES string of the molecule is Cc1ccc(Sc2ncnc(Sc3cccc4cccnc34)c2[N+](=O)[O-])cc1. The molecule has 0 aliphatic carbocycles. The highest BCUT2D eigenvalue weighted by Crippen LogP contribution is 2.41.